The highest BCUT2D eigenvalue weighted by atomic mass is 79.9. The molecule has 0 aromatic carbocycles. The average Bonchev–Trinajstić information content (AvgIpc) is 2.36. The Morgan fingerprint density at radius 2 is 2.07 bits per heavy atom. The molecule has 14 heavy (non-hydrogen) atoms. The van der Waals surface area contributed by atoms with Gasteiger partial charge in [-0.1, -0.05) is 19.9 Å². The molecule has 0 spiro atoms. The van der Waals surface area contributed by atoms with Gasteiger partial charge in [0.2, 0.25) is 0 Å². The topological polar surface area (TPSA) is 20.2 Å². The van der Waals surface area contributed by atoms with E-state index >= 15 is 0 Å². The van der Waals surface area contributed by atoms with Gasteiger partial charge in [0.15, 0.2) is 0 Å². The molecular weight excluding hydrogens is 308 g/mol. The predicted molar refractivity (Wildman–Crippen MR) is 65.5 cm³/mol. The van der Waals surface area contributed by atoms with Crippen molar-refractivity contribution in [3.63, 3.8) is 0 Å². The summed E-state index contributed by atoms with van der Waals surface area (Å²) in [5, 5.41) is 10.2. The van der Waals surface area contributed by atoms with E-state index in [4.69, 9.17) is 0 Å². The van der Waals surface area contributed by atoms with Crippen molar-refractivity contribution in [3.8, 4) is 0 Å². The summed E-state index contributed by atoms with van der Waals surface area (Å²) in [4.78, 5) is 0. The summed E-state index contributed by atoms with van der Waals surface area (Å²) in [6.07, 6.45) is 5.35. The Morgan fingerprint density at radius 1 is 1.43 bits per heavy atom. The van der Waals surface area contributed by atoms with Gasteiger partial charge < -0.3 is 5.11 Å². The van der Waals surface area contributed by atoms with E-state index < -0.39 is 0 Å². The summed E-state index contributed by atoms with van der Waals surface area (Å²) in [7, 11) is 0. The molecule has 2 aliphatic carbocycles. The van der Waals surface area contributed by atoms with E-state index in [2.05, 4.69) is 51.8 Å². The van der Waals surface area contributed by atoms with Gasteiger partial charge in [-0.3, -0.25) is 0 Å². The summed E-state index contributed by atoms with van der Waals surface area (Å²) in [5.41, 5.74) is 0.221. The van der Waals surface area contributed by atoms with Crippen molar-refractivity contribution >= 4 is 31.9 Å². The third kappa shape index (κ3) is 1.28. The molecular formula is C11H16Br2O. The van der Waals surface area contributed by atoms with Gasteiger partial charge in [0.05, 0.1) is 9.50 Å². The van der Waals surface area contributed by atoms with Crippen molar-refractivity contribution in [1.82, 2.24) is 0 Å². The number of aliphatic hydroxyl groups is 1. The van der Waals surface area contributed by atoms with Crippen LogP contribution in [0, 0.1) is 16.7 Å². The van der Waals surface area contributed by atoms with Crippen LogP contribution in [0.5, 0.6) is 0 Å². The molecule has 1 N–H and O–H groups in total. The Kier molecular flexibility index (Phi) is 2.65. The minimum atomic E-state index is -0.165. The first-order chi connectivity index (χ1) is 6.40. The van der Waals surface area contributed by atoms with Crippen molar-refractivity contribution in [2.45, 2.75) is 39.2 Å². The van der Waals surface area contributed by atoms with Crippen LogP contribution in [0.25, 0.3) is 0 Å². The van der Waals surface area contributed by atoms with Crippen LogP contribution < -0.4 is 0 Å². The zero-order valence-corrected chi connectivity index (χ0v) is 11.7. The molecule has 0 unspecified atom stereocenters. The summed E-state index contributed by atoms with van der Waals surface area (Å²) >= 11 is 6.85. The summed E-state index contributed by atoms with van der Waals surface area (Å²) in [5.74, 6) is 0.688. The van der Waals surface area contributed by atoms with Crippen LogP contribution in [0.15, 0.2) is 9.47 Å². The number of fused-ring (bicyclic) bond motifs is 2. The molecule has 0 aliphatic heterocycles. The third-order valence-corrected chi connectivity index (χ3v) is 5.05. The summed E-state index contributed by atoms with van der Waals surface area (Å²) in [6, 6.07) is 0. The molecule has 2 saturated carbocycles. The number of hydrogen-bond donors (Lipinski definition) is 1. The molecule has 2 aliphatic rings. The lowest BCUT2D eigenvalue weighted by molar-refractivity contribution is 0.0369. The molecule has 0 radical (unpaired) electrons. The Morgan fingerprint density at radius 3 is 2.43 bits per heavy atom. The molecule has 0 heterocycles. The van der Waals surface area contributed by atoms with E-state index in [-0.39, 0.29) is 16.9 Å². The molecule has 80 valence electrons. The standard InChI is InChI=1S/C11H16Br2O/c1-10(2)7-3-4-11(10,6-9(12)13)8(14)5-7/h6-8,14H,3-5H2,1-2H3/t7-,8-,11-/m1/s1. The minimum Gasteiger partial charge on any atom is -0.392 e. The van der Waals surface area contributed by atoms with Crippen molar-refractivity contribution < 1.29 is 5.11 Å². The maximum Gasteiger partial charge on any atom is 0.0639 e. The zero-order chi connectivity index (χ0) is 10.6. The Hall–Kier alpha value is 0.660. The van der Waals surface area contributed by atoms with Crippen LogP contribution in [0.1, 0.15) is 33.1 Å². The molecule has 1 nitrogen and oxygen atoms in total. The lowest BCUT2D eigenvalue weighted by atomic mass is 9.68. The van der Waals surface area contributed by atoms with E-state index in [0.717, 1.165) is 16.2 Å². The second-order valence-electron chi connectivity index (χ2n) is 5.18. The van der Waals surface area contributed by atoms with E-state index in [1.807, 2.05) is 0 Å². The molecule has 3 heteroatoms. The van der Waals surface area contributed by atoms with Crippen molar-refractivity contribution in [2.75, 3.05) is 0 Å². The van der Waals surface area contributed by atoms with E-state index in [0.29, 0.717) is 5.92 Å². The highest BCUT2D eigenvalue weighted by molar-refractivity contribution is 9.28. The van der Waals surface area contributed by atoms with Gasteiger partial charge in [0.25, 0.3) is 0 Å². The van der Waals surface area contributed by atoms with Gasteiger partial charge in [0, 0.05) is 5.41 Å². The van der Waals surface area contributed by atoms with E-state index in [1.165, 1.54) is 6.42 Å². The van der Waals surface area contributed by atoms with Crippen molar-refractivity contribution in [2.24, 2.45) is 16.7 Å². The molecule has 0 amide bonds. The molecule has 0 aromatic rings. The van der Waals surface area contributed by atoms with Crippen LogP contribution >= 0.6 is 31.9 Å². The minimum absolute atomic E-state index is 0.0139. The Bertz CT molecular complexity index is 281. The maximum absolute atomic E-state index is 10.2. The molecule has 3 atom stereocenters. The second-order valence-corrected chi connectivity index (χ2v) is 7.96. The first-order valence-corrected chi connectivity index (χ1v) is 6.71. The molecule has 0 aromatic heterocycles. The van der Waals surface area contributed by atoms with Gasteiger partial charge in [-0.05, 0) is 62.5 Å². The normalized spacial score (nSPS) is 44.1. The molecule has 0 saturated heterocycles. The van der Waals surface area contributed by atoms with Gasteiger partial charge >= 0.3 is 0 Å². The smallest absolute Gasteiger partial charge is 0.0639 e. The Balaban J connectivity index is 2.44. The highest BCUT2D eigenvalue weighted by Crippen LogP contribution is 2.66. The monoisotopic (exact) mass is 322 g/mol. The fourth-order valence-corrected chi connectivity index (χ4v) is 4.33. The van der Waals surface area contributed by atoms with Crippen molar-refractivity contribution in [1.29, 1.82) is 0 Å². The quantitative estimate of drug-likeness (QED) is 0.778. The van der Waals surface area contributed by atoms with Crippen LogP contribution in [-0.2, 0) is 0 Å². The van der Waals surface area contributed by atoms with Gasteiger partial charge in [-0.25, -0.2) is 0 Å². The van der Waals surface area contributed by atoms with Crippen LogP contribution in [0.2, 0.25) is 0 Å². The average molecular weight is 324 g/mol. The maximum atomic E-state index is 10.2. The van der Waals surface area contributed by atoms with E-state index in [9.17, 15) is 5.11 Å². The van der Waals surface area contributed by atoms with Crippen LogP contribution in [0.3, 0.4) is 0 Å². The summed E-state index contributed by atoms with van der Waals surface area (Å²) in [6.45, 7) is 4.58. The Labute approximate surface area is 102 Å². The molecule has 2 fully saturated rings. The molecule has 2 bridgehead atoms. The first kappa shape index (κ1) is 11.2. The number of halogens is 2. The molecule has 2 rings (SSSR count). The number of hydrogen-bond acceptors (Lipinski definition) is 1. The fourth-order valence-electron chi connectivity index (χ4n) is 3.51. The lowest BCUT2D eigenvalue weighted by Gasteiger charge is -2.38. The first-order valence-electron chi connectivity index (χ1n) is 5.12. The van der Waals surface area contributed by atoms with Gasteiger partial charge in [-0.2, -0.15) is 0 Å². The van der Waals surface area contributed by atoms with E-state index in [1.54, 1.807) is 0 Å². The number of rotatable bonds is 1. The van der Waals surface area contributed by atoms with Gasteiger partial charge in [-0.15, -0.1) is 0 Å². The van der Waals surface area contributed by atoms with Crippen molar-refractivity contribution in [3.05, 3.63) is 9.47 Å². The summed E-state index contributed by atoms with van der Waals surface area (Å²) < 4.78 is 0.972. The SMILES string of the molecule is CC1(C)[C@@H]2CC[C@@]1(C=C(Br)Br)[C@H](O)C2. The predicted octanol–water partition coefficient (Wildman–Crippen LogP) is 3.80. The second kappa shape index (κ2) is 3.33. The largest absolute Gasteiger partial charge is 0.392 e. The number of aliphatic hydroxyl groups excluding tert-OH is 1. The highest BCUT2D eigenvalue weighted by Gasteiger charge is 2.62. The lowest BCUT2D eigenvalue weighted by Crippen LogP contribution is -2.36. The third-order valence-electron chi connectivity index (χ3n) is 4.60. The van der Waals surface area contributed by atoms with Crippen LogP contribution in [-0.4, -0.2) is 11.2 Å². The fraction of sp³-hybridized carbons (Fsp3) is 0.818. The van der Waals surface area contributed by atoms with Crippen LogP contribution in [0.4, 0.5) is 0 Å². The zero-order valence-electron chi connectivity index (χ0n) is 8.56. The van der Waals surface area contributed by atoms with Gasteiger partial charge in [0.1, 0.15) is 0 Å².